The number of carbonyl (C=O) groups excluding carboxylic acids is 1. The summed E-state index contributed by atoms with van der Waals surface area (Å²) in [6.45, 7) is 5.15. The minimum atomic E-state index is 0.350. The van der Waals surface area contributed by atoms with Gasteiger partial charge in [0.05, 0.1) is 0 Å². The summed E-state index contributed by atoms with van der Waals surface area (Å²) in [5, 5.41) is 3.55. The van der Waals surface area contributed by atoms with Gasteiger partial charge in [0.15, 0.2) is 0 Å². The molecular formula is C14H26N2O. The van der Waals surface area contributed by atoms with Crippen molar-refractivity contribution in [3.63, 3.8) is 0 Å². The molecule has 0 aromatic heterocycles. The molecule has 0 bridgehead atoms. The molecule has 1 saturated carbocycles. The zero-order valence-electron chi connectivity index (χ0n) is 11.1. The van der Waals surface area contributed by atoms with Crippen LogP contribution < -0.4 is 5.32 Å². The van der Waals surface area contributed by atoms with E-state index in [4.69, 9.17) is 0 Å². The fourth-order valence-electron chi connectivity index (χ4n) is 3.11. The lowest BCUT2D eigenvalue weighted by Crippen LogP contribution is -2.39. The van der Waals surface area contributed by atoms with Crippen molar-refractivity contribution in [1.29, 1.82) is 0 Å². The average Bonchev–Trinajstić information content (AvgIpc) is 2.76. The van der Waals surface area contributed by atoms with Crippen LogP contribution in [0.15, 0.2) is 0 Å². The fourth-order valence-corrected chi connectivity index (χ4v) is 3.11. The Labute approximate surface area is 105 Å². The van der Waals surface area contributed by atoms with E-state index < -0.39 is 0 Å². The van der Waals surface area contributed by atoms with Crippen molar-refractivity contribution in [3.8, 4) is 0 Å². The molecule has 3 heteroatoms. The highest BCUT2D eigenvalue weighted by Crippen LogP contribution is 2.24. The summed E-state index contributed by atoms with van der Waals surface area (Å²) < 4.78 is 0. The van der Waals surface area contributed by atoms with E-state index in [1.54, 1.807) is 0 Å². The van der Waals surface area contributed by atoms with E-state index in [2.05, 4.69) is 12.2 Å². The summed E-state index contributed by atoms with van der Waals surface area (Å²) in [4.78, 5) is 14.0. The Kier molecular flexibility index (Phi) is 4.84. The second kappa shape index (κ2) is 6.39. The molecule has 0 spiro atoms. The first-order valence-electron chi connectivity index (χ1n) is 7.28. The van der Waals surface area contributed by atoms with Crippen LogP contribution in [0.5, 0.6) is 0 Å². The number of rotatable bonds is 4. The molecule has 1 saturated heterocycles. The molecule has 2 fully saturated rings. The van der Waals surface area contributed by atoms with Gasteiger partial charge in [-0.25, -0.2) is 0 Å². The van der Waals surface area contributed by atoms with Gasteiger partial charge in [-0.3, -0.25) is 4.79 Å². The molecule has 3 nitrogen and oxygen atoms in total. The molecule has 2 rings (SSSR count). The minimum absolute atomic E-state index is 0.350. The van der Waals surface area contributed by atoms with Crippen molar-refractivity contribution in [2.24, 2.45) is 5.92 Å². The van der Waals surface area contributed by atoms with Gasteiger partial charge < -0.3 is 10.2 Å². The Bertz CT molecular complexity index is 249. The zero-order chi connectivity index (χ0) is 12.1. The number of carbonyl (C=O) groups is 1. The third-order valence-corrected chi connectivity index (χ3v) is 4.32. The highest BCUT2D eigenvalue weighted by Gasteiger charge is 2.23. The van der Waals surface area contributed by atoms with Crippen molar-refractivity contribution in [1.82, 2.24) is 10.2 Å². The van der Waals surface area contributed by atoms with Gasteiger partial charge in [0.1, 0.15) is 0 Å². The van der Waals surface area contributed by atoms with Gasteiger partial charge in [-0.2, -0.15) is 0 Å². The van der Waals surface area contributed by atoms with Gasteiger partial charge in [0.25, 0.3) is 0 Å². The number of hydrogen-bond donors (Lipinski definition) is 1. The Balaban J connectivity index is 1.62. The molecule has 0 aromatic carbocycles. The van der Waals surface area contributed by atoms with E-state index in [0.717, 1.165) is 25.6 Å². The highest BCUT2D eigenvalue weighted by atomic mass is 16.2. The summed E-state index contributed by atoms with van der Waals surface area (Å²) in [6, 6.07) is 0.657. The first-order valence-corrected chi connectivity index (χ1v) is 7.28. The van der Waals surface area contributed by atoms with Crippen LogP contribution >= 0.6 is 0 Å². The molecule has 0 radical (unpaired) electrons. The lowest BCUT2D eigenvalue weighted by molar-refractivity contribution is -0.132. The first kappa shape index (κ1) is 12.9. The minimum Gasteiger partial charge on any atom is -0.343 e. The number of nitrogens with zero attached hydrogens (tertiary/aromatic N) is 1. The SMILES string of the molecule is CC1CCCC1NCCC(=O)N1CCCCC1. The van der Waals surface area contributed by atoms with Crippen LogP contribution in [0.4, 0.5) is 0 Å². The van der Waals surface area contributed by atoms with Crippen LogP contribution in [-0.2, 0) is 4.79 Å². The number of piperidine rings is 1. The number of amides is 1. The molecule has 17 heavy (non-hydrogen) atoms. The maximum absolute atomic E-state index is 11.9. The molecule has 2 atom stereocenters. The Morgan fingerprint density at radius 2 is 1.94 bits per heavy atom. The highest BCUT2D eigenvalue weighted by molar-refractivity contribution is 5.76. The van der Waals surface area contributed by atoms with E-state index in [9.17, 15) is 4.79 Å². The number of likely N-dealkylation sites (tertiary alicyclic amines) is 1. The quantitative estimate of drug-likeness (QED) is 0.814. The summed E-state index contributed by atoms with van der Waals surface area (Å²) in [5.41, 5.74) is 0. The molecule has 2 aliphatic rings. The Morgan fingerprint density at radius 3 is 2.59 bits per heavy atom. The normalized spacial score (nSPS) is 29.6. The largest absolute Gasteiger partial charge is 0.343 e. The van der Waals surface area contributed by atoms with Crippen LogP contribution in [0.25, 0.3) is 0 Å². The molecule has 1 aliphatic carbocycles. The van der Waals surface area contributed by atoms with Crippen molar-refractivity contribution in [2.45, 2.75) is 57.9 Å². The third-order valence-electron chi connectivity index (χ3n) is 4.32. The standard InChI is InChI=1S/C14H26N2O/c1-12-6-5-7-13(12)15-9-8-14(17)16-10-3-2-4-11-16/h12-13,15H,2-11H2,1H3. The predicted molar refractivity (Wildman–Crippen MR) is 69.9 cm³/mol. The van der Waals surface area contributed by atoms with Crippen LogP contribution in [0.1, 0.15) is 51.9 Å². The molecule has 2 unspecified atom stereocenters. The van der Waals surface area contributed by atoms with E-state index in [0.29, 0.717) is 18.4 Å². The molecule has 1 heterocycles. The van der Waals surface area contributed by atoms with Gasteiger partial charge in [-0.05, 0) is 38.0 Å². The smallest absolute Gasteiger partial charge is 0.223 e. The lowest BCUT2D eigenvalue weighted by Gasteiger charge is -2.27. The average molecular weight is 238 g/mol. The van der Waals surface area contributed by atoms with Gasteiger partial charge in [0, 0.05) is 32.1 Å². The Hall–Kier alpha value is -0.570. The molecule has 1 N–H and O–H groups in total. The number of hydrogen-bond acceptors (Lipinski definition) is 2. The second-order valence-corrected chi connectivity index (χ2v) is 5.66. The lowest BCUT2D eigenvalue weighted by atomic mass is 10.1. The van der Waals surface area contributed by atoms with Crippen molar-refractivity contribution in [3.05, 3.63) is 0 Å². The fraction of sp³-hybridized carbons (Fsp3) is 0.929. The van der Waals surface area contributed by atoms with Crippen molar-refractivity contribution < 1.29 is 4.79 Å². The van der Waals surface area contributed by atoms with Crippen LogP contribution in [-0.4, -0.2) is 36.5 Å². The summed E-state index contributed by atoms with van der Waals surface area (Å²) in [5.74, 6) is 1.14. The maximum atomic E-state index is 11.9. The molecular weight excluding hydrogens is 212 g/mol. The predicted octanol–water partition coefficient (Wildman–Crippen LogP) is 2.17. The Morgan fingerprint density at radius 1 is 1.18 bits per heavy atom. The van der Waals surface area contributed by atoms with Gasteiger partial charge in [0.2, 0.25) is 5.91 Å². The second-order valence-electron chi connectivity index (χ2n) is 5.66. The zero-order valence-corrected chi connectivity index (χ0v) is 11.1. The van der Waals surface area contributed by atoms with Crippen LogP contribution in [0.3, 0.4) is 0 Å². The van der Waals surface area contributed by atoms with Gasteiger partial charge in [-0.1, -0.05) is 13.3 Å². The van der Waals surface area contributed by atoms with Crippen molar-refractivity contribution in [2.75, 3.05) is 19.6 Å². The summed E-state index contributed by atoms with van der Waals surface area (Å²) >= 11 is 0. The van der Waals surface area contributed by atoms with E-state index >= 15 is 0 Å². The molecule has 1 amide bonds. The molecule has 1 aliphatic heterocycles. The monoisotopic (exact) mass is 238 g/mol. The van der Waals surface area contributed by atoms with E-state index in [-0.39, 0.29) is 0 Å². The van der Waals surface area contributed by atoms with Gasteiger partial charge in [-0.15, -0.1) is 0 Å². The number of nitrogens with one attached hydrogen (secondary N) is 1. The van der Waals surface area contributed by atoms with E-state index in [1.807, 2.05) is 4.90 Å². The first-order chi connectivity index (χ1) is 8.27. The van der Waals surface area contributed by atoms with Gasteiger partial charge >= 0.3 is 0 Å². The summed E-state index contributed by atoms with van der Waals surface area (Å²) in [6.07, 6.45) is 8.35. The maximum Gasteiger partial charge on any atom is 0.223 e. The van der Waals surface area contributed by atoms with Crippen LogP contribution in [0.2, 0.25) is 0 Å². The van der Waals surface area contributed by atoms with Crippen molar-refractivity contribution >= 4 is 5.91 Å². The topological polar surface area (TPSA) is 32.3 Å². The third kappa shape index (κ3) is 3.70. The molecule has 0 aromatic rings. The van der Waals surface area contributed by atoms with Crippen LogP contribution in [0, 0.1) is 5.92 Å². The molecule has 98 valence electrons. The summed E-state index contributed by atoms with van der Waals surface area (Å²) in [7, 11) is 0. The van der Waals surface area contributed by atoms with E-state index in [1.165, 1.54) is 38.5 Å².